The second-order valence-electron chi connectivity index (χ2n) is 5.65. The van der Waals surface area contributed by atoms with Gasteiger partial charge in [-0.1, -0.05) is 30.3 Å². The Hall–Kier alpha value is -1.35. The smallest absolute Gasteiger partial charge is 0.222 e. The number of nitrogens with one attached hydrogen (secondary N) is 1. The second-order valence-corrected chi connectivity index (χ2v) is 5.65. The summed E-state index contributed by atoms with van der Waals surface area (Å²) in [6.07, 6.45) is 3.61. The Balaban J connectivity index is 1.66. The summed E-state index contributed by atoms with van der Waals surface area (Å²) < 4.78 is 0. The quantitative estimate of drug-likeness (QED) is 0.846. The van der Waals surface area contributed by atoms with Gasteiger partial charge in [0.25, 0.3) is 0 Å². The first kappa shape index (κ1) is 11.7. The number of hydrogen-bond acceptors (Lipinski definition) is 2. The molecule has 0 aromatic heterocycles. The maximum atomic E-state index is 11.6. The van der Waals surface area contributed by atoms with E-state index in [9.17, 15) is 4.79 Å². The van der Waals surface area contributed by atoms with Crippen LogP contribution in [0.3, 0.4) is 0 Å². The number of rotatable bonds is 4. The van der Waals surface area contributed by atoms with Crippen molar-refractivity contribution in [2.24, 2.45) is 23.5 Å². The highest BCUT2D eigenvalue weighted by molar-refractivity contribution is 5.78. The number of amides is 1. The largest absolute Gasteiger partial charge is 0.369 e. The van der Waals surface area contributed by atoms with E-state index in [2.05, 4.69) is 17.4 Å². The van der Waals surface area contributed by atoms with Crippen LogP contribution in [0.5, 0.6) is 0 Å². The van der Waals surface area contributed by atoms with E-state index < -0.39 is 0 Å². The molecule has 4 atom stereocenters. The molecule has 0 aliphatic heterocycles. The van der Waals surface area contributed by atoms with Crippen LogP contribution in [0.4, 0.5) is 0 Å². The lowest BCUT2D eigenvalue weighted by Crippen LogP contribution is -2.46. The van der Waals surface area contributed by atoms with Crippen LogP contribution >= 0.6 is 0 Å². The van der Waals surface area contributed by atoms with Gasteiger partial charge in [-0.05, 0) is 36.7 Å². The van der Waals surface area contributed by atoms with E-state index in [0.717, 1.165) is 6.54 Å². The summed E-state index contributed by atoms with van der Waals surface area (Å²) in [5.41, 5.74) is 6.83. The van der Waals surface area contributed by atoms with Crippen LogP contribution in [0.15, 0.2) is 30.3 Å². The van der Waals surface area contributed by atoms with Crippen molar-refractivity contribution in [3.63, 3.8) is 0 Å². The molecule has 3 rings (SSSR count). The topological polar surface area (TPSA) is 55.1 Å². The van der Waals surface area contributed by atoms with Gasteiger partial charge in [-0.2, -0.15) is 0 Å². The highest BCUT2D eigenvalue weighted by Crippen LogP contribution is 2.48. The third-order valence-electron chi connectivity index (χ3n) is 4.63. The summed E-state index contributed by atoms with van der Waals surface area (Å²) in [6.45, 7) is 0.832. The van der Waals surface area contributed by atoms with Crippen LogP contribution in [-0.4, -0.2) is 11.9 Å². The van der Waals surface area contributed by atoms with Gasteiger partial charge in [0.15, 0.2) is 0 Å². The molecule has 3 nitrogen and oxygen atoms in total. The van der Waals surface area contributed by atoms with Crippen LogP contribution in [0.2, 0.25) is 0 Å². The molecule has 0 unspecified atom stereocenters. The molecule has 2 saturated carbocycles. The van der Waals surface area contributed by atoms with Crippen LogP contribution in [-0.2, 0) is 11.3 Å². The van der Waals surface area contributed by atoms with Crippen molar-refractivity contribution in [1.29, 1.82) is 0 Å². The van der Waals surface area contributed by atoms with Crippen molar-refractivity contribution >= 4 is 5.91 Å². The zero-order chi connectivity index (χ0) is 12.5. The molecular formula is C15H20N2O. The van der Waals surface area contributed by atoms with Gasteiger partial charge in [0, 0.05) is 12.6 Å². The fourth-order valence-electron chi connectivity index (χ4n) is 3.83. The molecule has 1 amide bonds. The average Bonchev–Trinajstić information content (AvgIpc) is 2.97. The van der Waals surface area contributed by atoms with E-state index >= 15 is 0 Å². The number of primary amides is 1. The van der Waals surface area contributed by atoms with Crippen molar-refractivity contribution in [1.82, 2.24) is 5.32 Å². The van der Waals surface area contributed by atoms with Crippen molar-refractivity contribution in [3.05, 3.63) is 35.9 Å². The SMILES string of the molecule is NC(=O)[C@H]1[C@@H]2CC[C@@H](C2)[C@H]1NCc1ccccc1. The van der Waals surface area contributed by atoms with Gasteiger partial charge in [-0.3, -0.25) is 4.79 Å². The molecule has 2 aliphatic carbocycles. The first-order chi connectivity index (χ1) is 8.75. The van der Waals surface area contributed by atoms with Crippen LogP contribution in [0.1, 0.15) is 24.8 Å². The maximum Gasteiger partial charge on any atom is 0.222 e. The summed E-state index contributed by atoms with van der Waals surface area (Å²) in [7, 11) is 0. The third-order valence-corrected chi connectivity index (χ3v) is 4.63. The van der Waals surface area contributed by atoms with Crippen molar-refractivity contribution < 1.29 is 4.79 Å². The highest BCUT2D eigenvalue weighted by atomic mass is 16.1. The Morgan fingerprint density at radius 2 is 1.94 bits per heavy atom. The number of fused-ring (bicyclic) bond motifs is 2. The van der Waals surface area contributed by atoms with Crippen molar-refractivity contribution in [2.45, 2.75) is 31.8 Å². The molecule has 1 aromatic rings. The normalized spacial score (nSPS) is 33.8. The third kappa shape index (κ3) is 2.03. The van der Waals surface area contributed by atoms with Gasteiger partial charge < -0.3 is 11.1 Å². The molecule has 3 heteroatoms. The molecule has 0 heterocycles. The van der Waals surface area contributed by atoms with E-state index in [0.29, 0.717) is 17.9 Å². The van der Waals surface area contributed by atoms with Gasteiger partial charge in [-0.25, -0.2) is 0 Å². The summed E-state index contributed by atoms with van der Waals surface area (Å²) in [5, 5.41) is 3.56. The monoisotopic (exact) mass is 244 g/mol. The Labute approximate surface area is 108 Å². The van der Waals surface area contributed by atoms with E-state index in [1.807, 2.05) is 18.2 Å². The predicted octanol–water partition coefficient (Wildman–Crippen LogP) is 1.68. The number of hydrogen-bond donors (Lipinski definition) is 2. The zero-order valence-electron chi connectivity index (χ0n) is 10.5. The number of nitrogens with two attached hydrogens (primary N) is 1. The molecule has 0 spiro atoms. The van der Waals surface area contributed by atoms with Crippen molar-refractivity contribution in [2.75, 3.05) is 0 Å². The molecule has 18 heavy (non-hydrogen) atoms. The molecule has 2 fully saturated rings. The van der Waals surface area contributed by atoms with Gasteiger partial charge in [0.2, 0.25) is 5.91 Å². The lowest BCUT2D eigenvalue weighted by Gasteiger charge is -2.29. The van der Waals surface area contributed by atoms with E-state index in [-0.39, 0.29) is 11.8 Å². The Morgan fingerprint density at radius 3 is 2.67 bits per heavy atom. The summed E-state index contributed by atoms with van der Waals surface area (Å²) >= 11 is 0. The van der Waals surface area contributed by atoms with Crippen molar-refractivity contribution in [3.8, 4) is 0 Å². The maximum absolute atomic E-state index is 11.6. The molecule has 1 aromatic carbocycles. The van der Waals surface area contributed by atoms with E-state index in [4.69, 9.17) is 5.73 Å². The minimum atomic E-state index is -0.118. The number of benzene rings is 1. The lowest BCUT2D eigenvalue weighted by atomic mass is 9.84. The van der Waals surface area contributed by atoms with Crippen LogP contribution in [0.25, 0.3) is 0 Å². The van der Waals surface area contributed by atoms with Gasteiger partial charge >= 0.3 is 0 Å². The first-order valence-electron chi connectivity index (χ1n) is 6.82. The summed E-state index contributed by atoms with van der Waals surface area (Å²) in [6, 6.07) is 10.6. The molecule has 0 radical (unpaired) electrons. The molecular weight excluding hydrogens is 224 g/mol. The molecule has 96 valence electrons. The lowest BCUT2D eigenvalue weighted by molar-refractivity contribution is -0.124. The first-order valence-corrected chi connectivity index (χ1v) is 6.82. The molecule has 2 aliphatic rings. The fourth-order valence-corrected chi connectivity index (χ4v) is 3.83. The van der Waals surface area contributed by atoms with Gasteiger partial charge in [0.05, 0.1) is 5.92 Å². The van der Waals surface area contributed by atoms with Crippen LogP contribution < -0.4 is 11.1 Å². The minimum absolute atomic E-state index is 0.0486. The Kier molecular flexibility index (Phi) is 3.08. The summed E-state index contributed by atoms with van der Waals surface area (Å²) in [4.78, 5) is 11.6. The van der Waals surface area contributed by atoms with E-state index in [1.165, 1.54) is 24.8 Å². The molecule has 3 N–H and O–H groups in total. The summed E-state index contributed by atoms with van der Waals surface area (Å²) in [5.74, 6) is 1.11. The standard InChI is InChI=1S/C15H20N2O/c16-15(18)13-11-6-7-12(8-11)14(13)17-9-10-4-2-1-3-5-10/h1-5,11-14,17H,6-9H2,(H2,16,18)/t11-,12+,13+,14-/m1/s1. The van der Waals surface area contributed by atoms with Gasteiger partial charge in [-0.15, -0.1) is 0 Å². The van der Waals surface area contributed by atoms with Crippen LogP contribution in [0, 0.1) is 17.8 Å². The fraction of sp³-hybridized carbons (Fsp3) is 0.533. The zero-order valence-corrected chi connectivity index (χ0v) is 10.5. The predicted molar refractivity (Wildman–Crippen MR) is 70.6 cm³/mol. The Bertz CT molecular complexity index is 431. The molecule has 0 saturated heterocycles. The highest BCUT2D eigenvalue weighted by Gasteiger charge is 2.49. The average molecular weight is 244 g/mol. The number of carbonyl (C=O) groups is 1. The van der Waals surface area contributed by atoms with E-state index in [1.54, 1.807) is 0 Å². The Morgan fingerprint density at radius 1 is 1.22 bits per heavy atom. The second kappa shape index (κ2) is 4.73. The minimum Gasteiger partial charge on any atom is -0.369 e. The van der Waals surface area contributed by atoms with Gasteiger partial charge in [0.1, 0.15) is 0 Å². The number of carbonyl (C=O) groups excluding carboxylic acids is 1. The molecule has 2 bridgehead atoms.